The van der Waals surface area contributed by atoms with Crippen LogP contribution in [0.5, 0.6) is 5.75 Å². The Kier molecular flexibility index (Phi) is 2.69. The summed E-state index contributed by atoms with van der Waals surface area (Å²) in [5.74, 6) is -0.251. The van der Waals surface area contributed by atoms with Crippen LogP contribution in [-0.4, -0.2) is 10.6 Å². The molecule has 6 heteroatoms. The molecule has 1 heterocycles. The second-order valence-electron chi connectivity index (χ2n) is 1.84. The first-order valence-corrected chi connectivity index (χ1v) is 3.61. The normalized spacial score (nSPS) is 11.3. The molecule has 66 valence electrons. The van der Waals surface area contributed by atoms with Gasteiger partial charge in [0.05, 0.1) is 0 Å². The van der Waals surface area contributed by atoms with Crippen LogP contribution >= 0.6 is 23.2 Å². The van der Waals surface area contributed by atoms with Crippen LogP contribution < -0.4 is 4.74 Å². The van der Waals surface area contributed by atoms with Crippen molar-refractivity contribution in [3.05, 3.63) is 23.5 Å². The molecule has 1 aromatic heterocycles. The molecule has 1 rings (SSSR count). The van der Waals surface area contributed by atoms with Crippen LogP contribution in [0.1, 0.15) is 0 Å². The van der Waals surface area contributed by atoms with Gasteiger partial charge in [0.2, 0.25) is 0 Å². The lowest BCUT2D eigenvalue weighted by molar-refractivity contribution is -0.0966. The number of aromatic nitrogens is 1. The van der Waals surface area contributed by atoms with Crippen molar-refractivity contribution in [3.63, 3.8) is 0 Å². The Labute approximate surface area is 77.1 Å². The molecule has 0 bridgehead atoms. The Balaban J connectivity index is 2.83. The first-order valence-electron chi connectivity index (χ1n) is 2.85. The number of ether oxygens (including phenoxy) is 1. The summed E-state index contributed by atoms with van der Waals surface area (Å²) in [5.41, 5.74) is -3.76. The number of hydrogen-bond acceptors (Lipinski definition) is 2. The maximum Gasteiger partial charge on any atom is 0.487 e. The number of alkyl halides is 3. The molecule has 0 fully saturated rings. The van der Waals surface area contributed by atoms with Gasteiger partial charge in [0, 0.05) is 17.8 Å². The van der Waals surface area contributed by atoms with E-state index in [1.54, 1.807) is 0 Å². The van der Waals surface area contributed by atoms with Gasteiger partial charge in [-0.05, 0) is 12.1 Å². The average Bonchev–Trinajstić information content (AvgIpc) is 1.91. The van der Waals surface area contributed by atoms with E-state index in [1.807, 2.05) is 0 Å². The summed E-state index contributed by atoms with van der Waals surface area (Å²) in [6.07, 6.45) is 1.35. The molecule has 0 spiro atoms. The Morgan fingerprint density at radius 1 is 1.50 bits per heavy atom. The van der Waals surface area contributed by atoms with Crippen LogP contribution in [0.15, 0.2) is 18.3 Å². The summed E-state index contributed by atoms with van der Waals surface area (Å²) in [7, 11) is 0. The summed E-state index contributed by atoms with van der Waals surface area (Å²) < 4.78 is 28.1. The third-order valence-electron chi connectivity index (χ3n) is 0.951. The summed E-state index contributed by atoms with van der Waals surface area (Å²) in [5, 5.41) is -0.155. The van der Waals surface area contributed by atoms with Gasteiger partial charge in [0.15, 0.2) is 10.9 Å². The zero-order chi connectivity index (χ0) is 9.19. The van der Waals surface area contributed by atoms with E-state index >= 15 is 0 Å². The fraction of sp³-hybridized carbons (Fsp3) is 0.167. The standard InChI is InChI=1S/C6H3Cl2F2NO/c7-5-4(2-1-3-11-5)12-6(8,9)10/h1-3H. The van der Waals surface area contributed by atoms with E-state index in [1.165, 1.54) is 18.3 Å². The van der Waals surface area contributed by atoms with Gasteiger partial charge in [0.25, 0.3) is 0 Å². The summed E-state index contributed by atoms with van der Waals surface area (Å²) >= 11 is 9.90. The zero-order valence-corrected chi connectivity index (χ0v) is 7.11. The van der Waals surface area contributed by atoms with Crippen LogP contribution in [-0.2, 0) is 0 Å². The molecular formula is C6H3Cl2F2NO. The minimum atomic E-state index is -3.76. The highest BCUT2D eigenvalue weighted by atomic mass is 35.5. The van der Waals surface area contributed by atoms with E-state index < -0.39 is 5.57 Å². The lowest BCUT2D eigenvalue weighted by atomic mass is 10.5. The van der Waals surface area contributed by atoms with Gasteiger partial charge in [-0.2, -0.15) is 0 Å². The number of nitrogens with zero attached hydrogens (tertiary/aromatic N) is 1. The summed E-state index contributed by atoms with van der Waals surface area (Å²) in [4.78, 5) is 3.51. The highest BCUT2D eigenvalue weighted by Crippen LogP contribution is 2.28. The van der Waals surface area contributed by atoms with Crippen molar-refractivity contribution in [2.24, 2.45) is 0 Å². The predicted octanol–water partition coefficient (Wildman–Crippen LogP) is 2.90. The zero-order valence-electron chi connectivity index (χ0n) is 5.60. The van der Waals surface area contributed by atoms with E-state index in [2.05, 4.69) is 21.3 Å². The van der Waals surface area contributed by atoms with Crippen LogP contribution in [0.2, 0.25) is 5.15 Å². The van der Waals surface area contributed by atoms with Gasteiger partial charge >= 0.3 is 5.57 Å². The molecule has 0 unspecified atom stereocenters. The molecule has 0 radical (unpaired) electrons. The Morgan fingerprint density at radius 2 is 2.17 bits per heavy atom. The predicted molar refractivity (Wildman–Crippen MR) is 40.7 cm³/mol. The number of hydrogen-bond donors (Lipinski definition) is 0. The molecule has 0 aliphatic rings. The largest absolute Gasteiger partial charge is 0.487 e. The van der Waals surface area contributed by atoms with Crippen molar-refractivity contribution in [1.82, 2.24) is 4.98 Å². The van der Waals surface area contributed by atoms with Gasteiger partial charge in [-0.15, -0.1) is 8.78 Å². The van der Waals surface area contributed by atoms with Crippen molar-refractivity contribution in [2.75, 3.05) is 0 Å². The average molecular weight is 214 g/mol. The lowest BCUT2D eigenvalue weighted by Crippen LogP contribution is -2.15. The van der Waals surface area contributed by atoms with Crippen molar-refractivity contribution in [3.8, 4) is 5.75 Å². The molecule has 1 aromatic rings. The highest BCUT2D eigenvalue weighted by Gasteiger charge is 2.28. The van der Waals surface area contributed by atoms with E-state index in [0.29, 0.717) is 0 Å². The van der Waals surface area contributed by atoms with Gasteiger partial charge in [0.1, 0.15) is 0 Å². The molecule has 0 aliphatic carbocycles. The molecular weight excluding hydrogens is 211 g/mol. The van der Waals surface area contributed by atoms with Crippen LogP contribution in [0, 0.1) is 0 Å². The van der Waals surface area contributed by atoms with Crippen molar-refractivity contribution in [2.45, 2.75) is 5.57 Å². The first-order chi connectivity index (χ1) is 5.49. The van der Waals surface area contributed by atoms with E-state index in [4.69, 9.17) is 11.6 Å². The molecule has 0 atom stereocenters. The minimum Gasteiger partial charge on any atom is -0.417 e. The third kappa shape index (κ3) is 2.79. The van der Waals surface area contributed by atoms with Crippen LogP contribution in [0.3, 0.4) is 0 Å². The quantitative estimate of drug-likeness (QED) is 0.557. The van der Waals surface area contributed by atoms with Crippen molar-refractivity contribution >= 4 is 23.2 Å². The number of halogens is 4. The molecule has 2 nitrogen and oxygen atoms in total. The minimum absolute atomic E-state index is 0.155. The molecule has 12 heavy (non-hydrogen) atoms. The van der Waals surface area contributed by atoms with Crippen LogP contribution in [0.25, 0.3) is 0 Å². The molecule has 0 amide bonds. The van der Waals surface area contributed by atoms with Crippen molar-refractivity contribution in [1.29, 1.82) is 0 Å². The molecule has 0 saturated carbocycles. The van der Waals surface area contributed by atoms with Gasteiger partial charge in [-0.25, -0.2) is 4.98 Å². The number of pyridine rings is 1. The molecule has 0 N–H and O–H groups in total. The van der Waals surface area contributed by atoms with Gasteiger partial charge in [-0.1, -0.05) is 11.6 Å². The second kappa shape index (κ2) is 3.41. The topological polar surface area (TPSA) is 22.1 Å². The highest BCUT2D eigenvalue weighted by molar-refractivity contribution is 6.30. The maximum absolute atomic E-state index is 12.0. The van der Waals surface area contributed by atoms with Gasteiger partial charge < -0.3 is 4.74 Å². The van der Waals surface area contributed by atoms with E-state index in [9.17, 15) is 8.78 Å². The molecule has 0 aliphatic heterocycles. The van der Waals surface area contributed by atoms with Crippen molar-refractivity contribution < 1.29 is 13.5 Å². The Morgan fingerprint density at radius 3 is 2.67 bits per heavy atom. The molecule has 0 aromatic carbocycles. The fourth-order valence-electron chi connectivity index (χ4n) is 0.572. The third-order valence-corrected chi connectivity index (χ3v) is 1.31. The Hall–Kier alpha value is -0.610. The monoisotopic (exact) mass is 213 g/mol. The smallest absolute Gasteiger partial charge is 0.417 e. The first kappa shape index (κ1) is 9.48. The Bertz CT molecular complexity index is 276. The van der Waals surface area contributed by atoms with Gasteiger partial charge in [-0.3, -0.25) is 0 Å². The SMILES string of the molecule is FC(F)(Cl)Oc1cccnc1Cl. The second-order valence-corrected chi connectivity index (χ2v) is 2.64. The maximum atomic E-state index is 12.0. The van der Waals surface area contributed by atoms with E-state index in [0.717, 1.165) is 0 Å². The summed E-state index contributed by atoms with van der Waals surface area (Å²) in [6, 6.07) is 2.65. The van der Waals surface area contributed by atoms with E-state index in [-0.39, 0.29) is 10.9 Å². The van der Waals surface area contributed by atoms with Crippen LogP contribution in [0.4, 0.5) is 8.78 Å². The lowest BCUT2D eigenvalue weighted by Gasteiger charge is -2.10. The molecule has 0 saturated heterocycles. The fourth-order valence-corrected chi connectivity index (χ4v) is 0.813. The number of rotatable bonds is 2. The summed E-state index contributed by atoms with van der Waals surface area (Å²) in [6.45, 7) is 0.